The van der Waals surface area contributed by atoms with Crippen molar-refractivity contribution < 1.29 is 23.1 Å². The molecule has 0 aliphatic heterocycles. The highest BCUT2D eigenvalue weighted by atomic mass is 32.2. The zero-order valence-electron chi connectivity index (χ0n) is 12.7. The average molecular weight is 318 g/mol. The fourth-order valence-corrected chi connectivity index (χ4v) is 3.11. The molecule has 0 saturated carbocycles. The lowest BCUT2D eigenvalue weighted by Crippen LogP contribution is -2.35. The number of aromatic nitrogens is 1. The van der Waals surface area contributed by atoms with Crippen LogP contribution in [-0.2, 0) is 14.8 Å². The Morgan fingerprint density at radius 2 is 2.05 bits per heavy atom. The number of hydrogen-bond acceptors (Lipinski definition) is 4. The molecule has 0 amide bonds. The standard InChI is InChI=1S/C13H22N2O5S/c1-5-20-8-10(4)14-21(18,19)11-6-12(13(16)17)15(7-11)9(2)3/h6-7,9-10,14H,5,8H2,1-4H3,(H,16,17). The van der Waals surface area contributed by atoms with Gasteiger partial charge in [0, 0.05) is 24.9 Å². The second-order valence-corrected chi connectivity index (χ2v) is 6.76. The van der Waals surface area contributed by atoms with E-state index in [1.165, 1.54) is 10.8 Å². The van der Waals surface area contributed by atoms with Crippen molar-refractivity contribution in [2.75, 3.05) is 13.2 Å². The number of sulfonamides is 1. The topological polar surface area (TPSA) is 97.6 Å². The van der Waals surface area contributed by atoms with E-state index in [9.17, 15) is 13.2 Å². The quantitative estimate of drug-likeness (QED) is 0.756. The first-order chi connectivity index (χ1) is 9.69. The molecule has 7 nitrogen and oxygen atoms in total. The molecule has 1 atom stereocenters. The third kappa shape index (κ3) is 4.55. The molecule has 8 heteroatoms. The Morgan fingerprint density at radius 3 is 2.48 bits per heavy atom. The summed E-state index contributed by atoms with van der Waals surface area (Å²) in [5.41, 5.74) is -0.0529. The lowest BCUT2D eigenvalue weighted by atomic mass is 10.3. The summed E-state index contributed by atoms with van der Waals surface area (Å²) in [5, 5.41) is 9.14. The Hall–Kier alpha value is -1.38. The fraction of sp³-hybridized carbons (Fsp3) is 0.615. The fourth-order valence-electron chi connectivity index (χ4n) is 1.86. The van der Waals surface area contributed by atoms with Gasteiger partial charge in [0.15, 0.2) is 0 Å². The minimum Gasteiger partial charge on any atom is -0.477 e. The van der Waals surface area contributed by atoms with Gasteiger partial charge in [-0.2, -0.15) is 0 Å². The Kier molecular flexibility index (Phi) is 5.94. The molecule has 120 valence electrons. The summed E-state index contributed by atoms with van der Waals surface area (Å²) in [6, 6.07) is 0.615. The van der Waals surface area contributed by atoms with Gasteiger partial charge in [0.05, 0.1) is 6.61 Å². The van der Waals surface area contributed by atoms with Crippen LogP contribution in [-0.4, -0.2) is 43.3 Å². The van der Waals surface area contributed by atoms with Crippen molar-refractivity contribution in [1.29, 1.82) is 0 Å². The minimum atomic E-state index is -3.77. The normalized spacial score (nSPS) is 13.6. The van der Waals surface area contributed by atoms with Crippen LogP contribution in [0.2, 0.25) is 0 Å². The van der Waals surface area contributed by atoms with Crippen molar-refractivity contribution in [2.24, 2.45) is 0 Å². The number of carbonyl (C=O) groups is 1. The first-order valence-corrected chi connectivity index (χ1v) is 8.22. The molecule has 1 unspecified atom stereocenters. The highest BCUT2D eigenvalue weighted by Crippen LogP contribution is 2.19. The molecule has 1 rings (SSSR count). The summed E-state index contributed by atoms with van der Waals surface area (Å²) in [6.07, 6.45) is 1.34. The van der Waals surface area contributed by atoms with Crippen molar-refractivity contribution in [1.82, 2.24) is 9.29 Å². The van der Waals surface area contributed by atoms with Gasteiger partial charge in [-0.1, -0.05) is 0 Å². The minimum absolute atomic E-state index is 0.0529. The largest absolute Gasteiger partial charge is 0.477 e. The van der Waals surface area contributed by atoms with Gasteiger partial charge in [0.2, 0.25) is 10.0 Å². The Bertz CT molecular complexity index is 592. The van der Waals surface area contributed by atoms with Gasteiger partial charge in [0.1, 0.15) is 10.6 Å². The molecule has 2 N–H and O–H groups in total. The maximum atomic E-state index is 12.2. The molecule has 1 aromatic rings. The van der Waals surface area contributed by atoms with E-state index in [0.717, 1.165) is 6.07 Å². The maximum Gasteiger partial charge on any atom is 0.352 e. The van der Waals surface area contributed by atoms with Crippen molar-refractivity contribution in [2.45, 2.75) is 44.7 Å². The molecular formula is C13H22N2O5S. The number of hydrogen-bond donors (Lipinski definition) is 2. The summed E-state index contributed by atoms with van der Waals surface area (Å²) in [5.74, 6) is -1.16. The second kappa shape index (κ2) is 7.06. The summed E-state index contributed by atoms with van der Waals surface area (Å²) in [6.45, 7) is 7.83. The van der Waals surface area contributed by atoms with E-state index in [-0.39, 0.29) is 23.2 Å². The van der Waals surface area contributed by atoms with Crippen LogP contribution in [0, 0.1) is 0 Å². The lowest BCUT2D eigenvalue weighted by Gasteiger charge is -2.13. The van der Waals surface area contributed by atoms with Crippen LogP contribution in [0.3, 0.4) is 0 Å². The van der Waals surface area contributed by atoms with Crippen molar-refractivity contribution in [3.8, 4) is 0 Å². The number of rotatable bonds is 8. The van der Waals surface area contributed by atoms with Gasteiger partial charge >= 0.3 is 5.97 Å². The van der Waals surface area contributed by atoms with Crippen molar-refractivity contribution in [3.05, 3.63) is 18.0 Å². The Morgan fingerprint density at radius 1 is 1.43 bits per heavy atom. The first kappa shape index (κ1) is 17.7. The third-order valence-electron chi connectivity index (χ3n) is 2.84. The third-order valence-corrected chi connectivity index (χ3v) is 4.39. The van der Waals surface area contributed by atoms with E-state index in [0.29, 0.717) is 6.61 Å². The number of nitrogens with zero attached hydrogens (tertiary/aromatic N) is 1. The molecule has 21 heavy (non-hydrogen) atoms. The summed E-state index contributed by atoms with van der Waals surface area (Å²) in [4.78, 5) is 11.1. The number of aromatic carboxylic acids is 1. The highest BCUT2D eigenvalue weighted by Gasteiger charge is 2.23. The van der Waals surface area contributed by atoms with Gasteiger partial charge in [-0.25, -0.2) is 17.9 Å². The van der Waals surface area contributed by atoms with E-state index in [1.807, 2.05) is 6.92 Å². The molecule has 0 aromatic carbocycles. The van der Waals surface area contributed by atoms with Crippen LogP contribution in [0.15, 0.2) is 17.2 Å². The molecule has 0 radical (unpaired) electrons. The second-order valence-electron chi connectivity index (χ2n) is 5.05. The van der Waals surface area contributed by atoms with Crippen LogP contribution in [0.1, 0.15) is 44.2 Å². The Balaban J connectivity index is 3.03. The summed E-state index contributed by atoms with van der Waals surface area (Å²) in [7, 11) is -3.77. The molecular weight excluding hydrogens is 296 g/mol. The summed E-state index contributed by atoms with van der Waals surface area (Å²) >= 11 is 0. The van der Waals surface area contributed by atoms with Crippen LogP contribution >= 0.6 is 0 Å². The predicted molar refractivity (Wildman–Crippen MR) is 78.1 cm³/mol. The SMILES string of the molecule is CCOCC(C)NS(=O)(=O)c1cc(C(=O)O)n(C(C)C)c1. The van der Waals surface area contributed by atoms with E-state index < -0.39 is 22.0 Å². The zero-order valence-corrected chi connectivity index (χ0v) is 13.5. The number of carboxylic acids is 1. The van der Waals surface area contributed by atoms with Crippen LogP contribution in [0.5, 0.6) is 0 Å². The van der Waals surface area contributed by atoms with E-state index in [1.54, 1.807) is 20.8 Å². The van der Waals surface area contributed by atoms with E-state index in [2.05, 4.69) is 4.72 Å². The van der Waals surface area contributed by atoms with Crippen molar-refractivity contribution >= 4 is 16.0 Å². The molecule has 0 aliphatic rings. The van der Waals surface area contributed by atoms with Gasteiger partial charge in [-0.3, -0.25) is 0 Å². The summed E-state index contributed by atoms with van der Waals surface area (Å²) < 4.78 is 33.5. The zero-order chi connectivity index (χ0) is 16.2. The Labute approximate surface area is 125 Å². The monoisotopic (exact) mass is 318 g/mol. The smallest absolute Gasteiger partial charge is 0.352 e. The van der Waals surface area contributed by atoms with Crippen LogP contribution < -0.4 is 4.72 Å². The van der Waals surface area contributed by atoms with E-state index >= 15 is 0 Å². The molecule has 0 bridgehead atoms. The molecule has 0 spiro atoms. The van der Waals surface area contributed by atoms with Gasteiger partial charge < -0.3 is 14.4 Å². The molecule has 1 heterocycles. The number of nitrogens with one attached hydrogen (secondary N) is 1. The lowest BCUT2D eigenvalue weighted by molar-refractivity contribution is 0.0683. The average Bonchev–Trinajstić information content (AvgIpc) is 2.81. The van der Waals surface area contributed by atoms with Gasteiger partial charge in [-0.05, 0) is 33.8 Å². The molecule has 1 aromatic heterocycles. The van der Waals surface area contributed by atoms with Crippen LogP contribution in [0.25, 0.3) is 0 Å². The first-order valence-electron chi connectivity index (χ1n) is 6.74. The number of ether oxygens (including phenoxy) is 1. The molecule has 0 fully saturated rings. The predicted octanol–water partition coefficient (Wildman–Crippen LogP) is 1.47. The maximum absolute atomic E-state index is 12.2. The van der Waals surface area contributed by atoms with E-state index in [4.69, 9.17) is 9.84 Å². The van der Waals surface area contributed by atoms with Gasteiger partial charge in [-0.15, -0.1) is 0 Å². The number of carboxylic acid groups (broad SMARTS) is 1. The van der Waals surface area contributed by atoms with Crippen LogP contribution in [0.4, 0.5) is 0 Å². The molecule has 0 saturated heterocycles. The molecule has 0 aliphatic carbocycles. The van der Waals surface area contributed by atoms with Gasteiger partial charge in [0.25, 0.3) is 0 Å². The van der Waals surface area contributed by atoms with Crippen molar-refractivity contribution in [3.63, 3.8) is 0 Å². The highest BCUT2D eigenvalue weighted by molar-refractivity contribution is 7.89.